The molecule has 16 fully saturated rings. The van der Waals surface area contributed by atoms with Crippen LogP contribution in [0.5, 0.6) is 0 Å². The van der Waals surface area contributed by atoms with E-state index in [1.807, 2.05) is 24.4 Å². The quantitative estimate of drug-likeness (QED) is 0.0804. The molecule has 0 spiro atoms. The second-order valence-corrected chi connectivity index (χ2v) is 48.8. The summed E-state index contributed by atoms with van der Waals surface area (Å²) in [6, 6.07) is 170. The van der Waals surface area contributed by atoms with Gasteiger partial charge < -0.3 is 4.42 Å². The van der Waals surface area contributed by atoms with Crippen molar-refractivity contribution in [1.29, 1.82) is 0 Å². The first kappa shape index (κ1) is 89.7. The lowest BCUT2D eigenvalue weighted by Crippen LogP contribution is -2.67. The standard InChI is InChI=1S/C38H34S.C36H32N2O.C33H31N.C31H30/c1-5-13-29(14-6-1)33-21-22-34(39-33)38-26-35(30-15-7-2-8-16-30)23-36(27-38,31-17-9-3-10-18-31)25-37(24-35,28-38)32-19-11-4-12-20-32;1-5-13-27(14-6-1)31-37-38-32(39-31)36-24-33(28-15-7-2-8-16-28)21-34(25-36,29-17-9-3-10-18-29)23-35(22-33,26-36)30-19-11-4-12-20-30;1-4-12-26(13-5-1)30-20-31(27-14-6-2-7-15-27)22-32(21-30,28-16-8-3-9-17-28)25-33(23-30,24-31)29-18-10-11-19-34-29;1-2-18-28-19-29(25-12-6-3-7-13-25)22-30(20-28,26-14-8-4-9-15-26)24-31(21-28,23-29)27-16-10-5-11-17-27/h1-22H,23-28H2;1-20H,21-26H2;1-19H,20-25H2;1,3-17H,18-24H2. The summed E-state index contributed by atoms with van der Waals surface area (Å²) in [5.41, 5.74) is 23.7. The van der Waals surface area contributed by atoms with Gasteiger partial charge in [0.25, 0.3) is 0 Å². The first-order valence-corrected chi connectivity index (χ1v) is 53.9. The Bertz CT molecular complexity index is 6490. The molecule has 14 aromatic carbocycles. The van der Waals surface area contributed by atoms with Crippen molar-refractivity contribution in [3.63, 3.8) is 0 Å². The number of rotatable bonds is 18. The first-order chi connectivity index (χ1) is 70.0. The van der Waals surface area contributed by atoms with Gasteiger partial charge in [-0.2, -0.15) is 0 Å². The van der Waals surface area contributed by atoms with Crippen LogP contribution in [0.3, 0.4) is 0 Å². The molecule has 0 amide bonds. The highest BCUT2D eigenvalue weighted by molar-refractivity contribution is 7.15. The van der Waals surface area contributed by atoms with Gasteiger partial charge in [-0.25, -0.2) is 0 Å². The van der Waals surface area contributed by atoms with Gasteiger partial charge in [0.1, 0.15) is 0 Å². The molecule has 3 heterocycles. The van der Waals surface area contributed by atoms with Crippen LogP contribution in [0.4, 0.5) is 0 Å². The predicted octanol–water partition coefficient (Wildman–Crippen LogP) is 32.7. The minimum Gasteiger partial charge on any atom is -0.420 e. The fraction of sp³-hybridized carbons (Fsp3) is 0.297. The van der Waals surface area contributed by atoms with E-state index in [-0.39, 0.29) is 86.6 Å². The lowest BCUT2D eigenvalue weighted by molar-refractivity contribution is -0.105. The largest absolute Gasteiger partial charge is 0.420 e. The molecule has 0 saturated heterocycles. The molecule has 16 saturated carbocycles. The Balaban J connectivity index is 0.0000000979. The molecule has 0 radical (unpaired) electrons. The zero-order valence-corrected chi connectivity index (χ0v) is 83.1. The van der Waals surface area contributed by atoms with E-state index in [2.05, 4.69) is 459 Å². The van der Waals surface area contributed by atoms with Crippen LogP contribution in [0.1, 0.15) is 244 Å². The smallest absolute Gasteiger partial charge is 0.247 e. The lowest BCUT2D eigenvalue weighted by Gasteiger charge is -2.71. The van der Waals surface area contributed by atoms with Gasteiger partial charge in [-0.15, -0.1) is 33.9 Å². The first-order valence-electron chi connectivity index (χ1n) is 53.1. The molecule has 0 N–H and O–H groups in total. The Morgan fingerprint density at radius 2 is 0.427 bits per heavy atom. The Morgan fingerprint density at radius 1 is 0.210 bits per heavy atom. The molecule has 16 bridgehead atoms. The number of pyridine rings is 1. The van der Waals surface area contributed by atoms with Crippen molar-refractivity contribution in [3.8, 4) is 34.2 Å². The summed E-state index contributed by atoms with van der Waals surface area (Å²) in [7, 11) is 0. The van der Waals surface area contributed by atoms with Crippen LogP contribution in [-0.2, 0) is 81.2 Å². The second kappa shape index (κ2) is 34.4. The summed E-state index contributed by atoms with van der Waals surface area (Å²) in [6.45, 7) is 0. The van der Waals surface area contributed by atoms with Crippen LogP contribution in [0.25, 0.3) is 21.9 Å². The molecular formula is C138H127N3OS. The van der Waals surface area contributed by atoms with Crippen molar-refractivity contribution in [3.05, 3.63) is 544 Å². The van der Waals surface area contributed by atoms with Gasteiger partial charge in [-0.3, -0.25) is 4.98 Å². The third-order valence-electron chi connectivity index (χ3n) is 38.8. The van der Waals surface area contributed by atoms with Crippen molar-refractivity contribution in [2.24, 2.45) is 5.41 Å². The van der Waals surface area contributed by atoms with Crippen LogP contribution in [0, 0.1) is 17.8 Å². The second-order valence-electron chi connectivity index (χ2n) is 47.7. The summed E-state index contributed by atoms with van der Waals surface area (Å²) in [6.07, 6.45) is 37.8. The van der Waals surface area contributed by atoms with Gasteiger partial charge in [0.05, 0.1) is 5.41 Å². The summed E-state index contributed by atoms with van der Waals surface area (Å²) >= 11 is 2.06. The van der Waals surface area contributed by atoms with E-state index in [9.17, 15) is 0 Å². The molecule has 706 valence electrons. The van der Waals surface area contributed by atoms with Gasteiger partial charge in [0.15, 0.2) is 0 Å². The SMILES string of the molecule is C#CCC12CC3(c4ccccc4)CC(c4ccccc4)(C1)CC(c1ccccc1)(C2)C3.c1ccc(-c2ccc(C34CC5(c6ccccc6)CC(c6ccccc6)(CC(c6ccccc6)(C5)C3)C4)s2)cc1.c1ccc(-c2nnc(C34CC5(c6ccccc6)CC(c6ccccc6)(CC(c6ccccc6)(C5)C3)C4)o2)cc1.c1ccc(C23CC4(c5ccccc5)CC(c5ccccc5)(C2)CC(c2ccccn2)(C3)C4)cc1. The predicted molar refractivity (Wildman–Crippen MR) is 583 cm³/mol. The van der Waals surface area contributed by atoms with E-state index in [1.165, 1.54) is 182 Å². The van der Waals surface area contributed by atoms with E-state index < -0.39 is 0 Å². The third-order valence-corrected chi connectivity index (χ3v) is 40.1. The Kier molecular flexibility index (Phi) is 21.6. The monoisotopic (exact) mass is 1870 g/mol. The lowest BCUT2D eigenvalue weighted by atomic mass is 9.32. The van der Waals surface area contributed by atoms with Crippen molar-refractivity contribution >= 4 is 11.3 Å². The number of thiophene rings is 1. The van der Waals surface area contributed by atoms with Crippen molar-refractivity contribution in [2.45, 2.75) is 242 Å². The van der Waals surface area contributed by atoms with Gasteiger partial charge in [0.2, 0.25) is 11.8 Å². The normalized spacial score (nSPS) is 32.6. The Labute approximate surface area is 850 Å². The molecule has 17 aromatic rings. The average molecular weight is 1880 g/mol. The number of hydrogen-bond acceptors (Lipinski definition) is 5. The molecule has 0 unspecified atom stereocenters. The van der Waals surface area contributed by atoms with Gasteiger partial charge in [0, 0.05) is 44.5 Å². The number of aromatic nitrogens is 3. The number of hydrogen-bond donors (Lipinski definition) is 0. The maximum atomic E-state index is 6.67. The summed E-state index contributed by atoms with van der Waals surface area (Å²) in [5.74, 6) is 4.57. The van der Waals surface area contributed by atoms with Crippen molar-refractivity contribution < 1.29 is 4.42 Å². The molecule has 0 aliphatic heterocycles. The van der Waals surface area contributed by atoms with E-state index in [1.54, 1.807) is 21.6 Å². The van der Waals surface area contributed by atoms with Crippen LogP contribution in [0.2, 0.25) is 0 Å². The minimum absolute atomic E-state index is 0.0308. The maximum absolute atomic E-state index is 6.67. The topological polar surface area (TPSA) is 51.8 Å². The zero-order chi connectivity index (χ0) is 95.6. The molecule has 0 atom stereocenters. The summed E-state index contributed by atoms with van der Waals surface area (Å²) < 4.78 is 6.67. The Hall–Kier alpha value is -13.4. The van der Waals surface area contributed by atoms with Crippen molar-refractivity contribution in [2.75, 3.05) is 0 Å². The van der Waals surface area contributed by atoms with Crippen LogP contribution in [0.15, 0.2) is 466 Å². The molecule has 3 aromatic heterocycles. The van der Waals surface area contributed by atoms with E-state index in [0.717, 1.165) is 56.4 Å². The number of terminal acetylenes is 1. The number of nitrogens with zero attached hydrogens (tertiary/aromatic N) is 3. The minimum atomic E-state index is -0.198. The van der Waals surface area contributed by atoms with Crippen molar-refractivity contribution in [1.82, 2.24) is 15.2 Å². The van der Waals surface area contributed by atoms with Crippen LogP contribution >= 0.6 is 11.3 Å². The molecule has 4 nitrogen and oxygen atoms in total. The summed E-state index contributed by atoms with van der Waals surface area (Å²) in [4.78, 5) is 8.04. The number of benzene rings is 14. The molecule has 33 rings (SSSR count). The van der Waals surface area contributed by atoms with Crippen LogP contribution < -0.4 is 0 Å². The van der Waals surface area contributed by atoms with Gasteiger partial charge >= 0.3 is 0 Å². The molecular weight excluding hydrogens is 1750 g/mol. The van der Waals surface area contributed by atoms with E-state index >= 15 is 0 Å². The average Bonchev–Trinajstić information content (AvgIpc) is 1.14. The zero-order valence-electron chi connectivity index (χ0n) is 82.3. The maximum Gasteiger partial charge on any atom is 0.247 e. The van der Waals surface area contributed by atoms with E-state index in [4.69, 9.17) is 20.9 Å². The highest BCUT2D eigenvalue weighted by atomic mass is 32.1. The highest BCUT2D eigenvalue weighted by Crippen LogP contribution is 2.81. The third kappa shape index (κ3) is 15.0. The Morgan fingerprint density at radius 3 is 0.671 bits per heavy atom. The fourth-order valence-electron chi connectivity index (χ4n) is 36.3. The molecule has 143 heavy (non-hydrogen) atoms. The van der Waals surface area contributed by atoms with E-state index in [0.29, 0.717) is 5.89 Å². The molecule has 16 aliphatic rings. The fourth-order valence-corrected chi connectivity index (χ4v) is 37.5. The van der Waals surface area contributed by atoms with Gasteiger partial charge in [-0.05, 0) is 333 Å². The molecule has 5 heteroatoms. The molecule has 16 aliphatic carbocycles. The highest BCUT2D eigenvalue weighted by Gasteiger charge is 2.75. The van der Waals surface area contributed by atoms with Gasteiger partial charge in [-0.1, -0.05) is 419 Å². The summed E-state index contributed by atoms with van der Waals surface area (Å²) in [5, 5.41) is 9.45. The van der Waals surface area contributed by atoms with Crippen LogP contribution in [-0.4, -0.2) is 15.2 Å².